The minimum absolute atomic E-state index is 0.242. The lowest BCUT2D eigenvalue weighted by Gasteiger charge is -2.21. The van der Waals surface area contributed by atoms with E-state index in [0.29, 0.717) is 25.4 Å². The van der Waals surface area contributed by atoms with E-state index in [-0.39, 0.29) is 5.75 Å². The third-order valence-electron chi connectivity index (χ3n) is 5.54. The van der Waals surface area contributed by atoms with Crippen LogP contribution in [0.25, 0.3) is 11.1 Å². The van der Waals surface area contributed by atoms with Crippen molar-refractivity contribution >= 4 is 0 Å². The smallest absolute Gasteiger partial charge is 0.165 e. The summed E-state index contributed by atoms with van der Waals surface area (Å²) in [6.07, 6.45) is 0. The molecule has 0 fully saturated rings. The average molecular weight is 405 g/mol. The number of fused-ring (bicyclic) bond motifs is 1. The molecule has 0 aliphatic carbocycles. The molecule has 5 heteroatoms. The Balaban J connectivity index is 1.66. The first-order valence-electron chi connectivity index (χ1n) is 10.1. The summed E-state index contributed by atoms with van der Waals surface area (Å²) < 4.78 is 16.9. The predicted molar refractivity (Wildman–Crippen MR) is 117 cm³/mol. The maximum Gasteiger partial charge on any atom is 0.165 e. The zero-order chi connectivity index (χ0) is 21.1. The fraction of sp³-hybridized carbons (Fsp3) is 0.280. The van der Waals surface area contributed by atoms with Crippen LogP contribution in [-0.4, -0.2) is 37.4 Å². The summed E-state index contributed by atoms with van der Waals surface area (Å²) in [6.45, 7) is 4.75. The molecule has 5 nitrogen and oxygen atoms in total. The molecule has 30 heavy (non-hydrogen) atoms. The van der Waals surface area contributed by atoms with Gasteiger partial charge in [-0.05, 0) is 41.8 Å². The van der Waals surface area contributed by atoms with Crippen molar-refractivity contribution in [3.05, 3.63) is 71.3 Å². The van der Waals surface area contributed by atoms with Gasteiger partial charge < -0.3 is 19.3 Å². The second kappa shape index (κ2) is 8.67. The Labute approximate surface area is 177 Å². The number of aromatic hydroxyl groups is 1. The minimum atomic E-state index is 0.242. The number of benzene rings is 3. The van der Waals surface area contributed by atoms with E-state index in [1.54, 1.807) is 20.3 Å². The lowest BCUT2D eigenvalue weighted by atomic mass is 9.97. The van der Waals surface area contributed by atoms with Crippen LogP contribution in [0.2, 0.25) is 0 Å². The van der Waals surface area contributed by atoms with E-state index in [4.69, 9.17) is 14.2 Å². The molecule has 0 atom stereocenters. The molecule has 156 valence electrons. The molecule has 0 aromatic heterocycles. The summed E-state index contributed by atoms with van der Waals surface area (Å²) >= 11 is 0. The molecule has 3 aromatic carbocycles. The Morgan fingerprint density at radius 3 is 2.60 bits per heavy atom. The van der Waals surface area contributed by atoms with Gasteiger partial charge in [0, 0.05) is 36.8 Å². The zero-order valence-electron chi connectivity index (χ0n) is 17.6. The molecule has 4 rings (SSSR count). The molecule has 1 aliphatic heterocycles. The largest absolute Gasteiger partial charge is 0.507 e. The first-order chi connectivity index (χ1) is 14.6. The summed E-state index contributed by atoms with van der Waals surface area (Å²) in [5.41, 5.74) is 5.46. The van der Waals surface area contributed by atoms with Crippen LogP contribution in [0.3, 0.4) is 0 Å². The molecular formula is C25H27NO4. The molecule has 0 radical (unpaired) electrons. The van der Waals surface area contributed by atoms with E-state index in [0.717, 1.165) is 34.7 Å². The molecule has 3 aromatic rings. The van der Waals surface area contributed by atoms with Crippen LogP contribution in [0.15, 0.2) is 54.6 Å². The van der Waals surface area contributed by atoms with Crippen LogP contribution < -0.4 is 14.2 Å². The quantitative estimate of drug-likeness (QED) is 0.662. The van der Waals surface area contributed by atoms with Gasteiger partial charge in [0.1, 0.15) is 18.1 Å². The predicted octanol–water partition coefficient (Wildman–Crippen LogP) is 4.78. The van der Waals surface area contributed by atoms with Crippen molar-refractivity contribution in [3.8, 4) is 34.1 Å². The van der Waals surface area contributed by atoms with E-state index >= 15 is 0 Å². The summed E-state index contributed by atoms with van der Waals surface area (Å²) in [7, 11) is 3.27. The number of hydrogen-bond donors (Lipinski definition) is 1. The topological polar surface area (TPSA) is 51.2 Å². The fourth-order valence-corrected chi connectivity index (χ4v) is 3.92. The molecule has 0 saturated carbocycles. The maximum atomic E-state index is 10.4. The maximum absolute atomic E-state index is 10.4. The molecule has 0 saturated heterocycles. The molecule has 0 spiro atoms. The first kappa shape index (κ1) is 20.1. The third-order valence-corrected chi connectivity index (χ3v) is 5.54. The number of phenols is 1. The molecule has 1 N–H and O–H groups in total. The van der Waals surface area contributed by atoms with Gasteiger partial charge in [0.25, 0.3) is 0 Å². The van der Waals surface area contributed by atoms with E-state index in [1.165, 1.54) is 11.1 Å². The van der Waals surface area contributed by atoms with Gasteiger partial charge in [-0.25, -0.2) is 0 Å². The number of aryl methyl sites for hydroxylation is 1. The highest BCUT2D eigenvalue weighted by Gasteiger charge is 2.21. The molecule has 0 amide bonds. The molecule has 1 heterocycles. The Bertz CT molecular complexity index is 1050. The van der Waals surface area contributed by atoms with E-state index in [2.05, 4.69) is 36.1 Å². The normalized spacial score (nSPS) is 13.8. The summed E-state index contributed by atoms with van der Waals surface area (Å²) in [5, 5.41) is 10.4. The van der Waals surface area contributed by atoms with Gasteiger partial charge in [-0.15, -0.1) is 0 Å². The number of rotatable bonds is 5. The Morgan fingerprint density at radius 1 is 1.03 bits per heavy atom. The highest BCUT2D eigenvalue weighted by Crippen LogP contribution is 2.39. The highest BCUT2D eigenvalue weighted by molar-refractivity contribution is 5.72. The number of ether oxygens (including phenoxy) is 3. The second-order valence-corrected chi connectivity index (χ2v) is 7.54. The second-order valence-electron chi connectivity index (χ2n) is 7.54. The Morgan fingerprint density at radius 2 is 1.87 bits per heavy atom. The van der Waals surface area contributed by atoms with Gasteiger partial charge in [0.2, 0.25) is 0 Å². The van der Waals surface area contributed by atoms with Gasteiger partial charge in [-0.2, -0.15) is 0 Å². The van der Waals surface area contributed by atoms with Crippen molar-refractivity contribution < 1.29 is 19.3 Å². The molecule has 0 unspecified atom stereocenters. The van der Waals surface area contributed by atoms with Crippen LogP contribution in [0.4, 0.5) is 0 Å². The summed E-state index contributed by atoms with van der Waals surface area (Å²) in [6, 6.07) is 18.0. The minimum Gasteiger partial charge on any atom is -0.507 e. The fourth-order valence-electron chi connectivity index (χ4n) is 3.92. The van der Waals surface area contributed by atoms with E-state index in [1.807, 2.05) is 24.3 Å². The molecule has 1 aliphatic rings. The van der Waals surface area contributed by atoms with E-state index in [9.17, 15) is 5.11 Å². The van der Waals surface area contributed by atoms with Crippen LogP contribution in [0, 0.1) is 6.92 Å². The van der Waals surface area contributed by atoms with Gasteiger partial charge in [-0.1, -0.05) is 30.3 Å². The average Bonchev–Trinajstić information content (AvgIpc) is 2.96. The summed E-state index contributed by atoms with van der Waals surface area (Å²) in [5.74, 6) is 2.44. The first-order valence-corrected chi connectivity index (χ1v) is 10.1. The highest BCUT2D eigenvalue weighted by atomic mass is 16.5. The lowest BCUT2D eigenvalue weighted by Crippen LogP contribution is -2.25. The SMILES string of the molecule is COc1ccc(CN2CCOc3c(cc(-c4ccccc4C)cc3OC)C2)c(O)c1. The Hall–Kier alpha value is -3.18. The lowest BCUT2D eigenvalue weighted by molar-refractivity contribution is 0.215. The van der Waals surface area contributed by atoms with Crippen LogP contribution >= 0.6 is 0 Å². The number of hydrogen-bond acceptors (Lipinski definition) is 5. The molecular weight excluding hydrogens is 378 g/mol. The summed E-state index contributed by atoms with van der Waals surface area (Å²) in [4.78, 5) is 2.27. The standard InChI is InChI=1S/C25H27NO4/c1-17-6-4-5-7-22(17)19-12-20-16-26(10-11-30-25(20)24(13-19)29-3)15-18-8-9-21(28-2)14-23(18)27/h4-9,12-14,27H,10-11,15-16H2,1-3H3. The van der Waals surface area contributed by atoms with Gasteiger partial charge in [0.05, 0.1) is 14.2 Å². The third kappa shape index (κ3) is 4.07. The Kier molecular flexibility index (Phi) is 5.81. The van der Waals surface area contributed by atoms with Gasteiger partial charge in [0.15, 0.2) is 11.5 Å². The van der Waals surface area contributed by atoms with Gasteiger partial charge >= 0.3 is 0 Å². The van der Waals surface area contributed by atoms with E-state index < -0.39 is 0 Å². The monoisotopic (exact) mass is 405 g/mol. The number of nitrogens with zero attached hydrogens (tertiary/aromatic N) is 1. The van der Waals surface area contributed by atoms with Crippen molar-refractivity contribution in [2.45, 2.75) is 20.0 Å². The molecule has 0 bridgehead atoms. The van der Waals surface area contributed by atoms with Crippen molar-refractivity contribution in [3.63, 3.8) is 0 Å². The number of phenolic OH excluding ortho intramolecular Hbond substituents is 1. The van der Waals surface area contributed by atoms with Crippen molar-refractivity contribution in [1.82, 2.24) is 4.90 Å². The zero-order valence-corrected chi connectivity index (χ0v) is 17.6. The van der Waals surface area contributed by atoms with Crippen molar-refractivity contribution in [1.29, 1.82) is 0 Å². The number of methoxy groups -OCH3 is 2. The van der Waals surface area contributed by atoms with Gasteiger partial charge in [-0.3, -0.25) is 4.90 Å². The van der Waals surface area contributed by atoms with Crippen molar-refractivity contribution in [2.75, 3.05) is 27.4 Å². The van der Waals surface area contributed by atoms with Crippen LogP contribution in [0.5, 0.6) is 23.0 Å². The van der Waals surface area contributed by atoms with Crippen LogP contribution in [0.1, 0.15) is 16.7 Å². The van der Waals surface area contributed by atoms with Crippen LogP contribution in [-0.2, 0) is 13.1 Å². The van der Waals surface area contributed by atoms with Crippen molar-refractivity contribution in [2.24, 2.45) is 0 Å².